The van der Waals surface area contributed by atoms with E-state index in [0.717, 1.165) is 5.75 Å². The van der Waals surface area contributed by atoms with E-state index in [1.807, 2.05) is 0 Å². The maximum Gasteiger partial charge on any atom is 0.485 e. The van der Waals surface area contributed by atoms with Crippen LogP contribution in [0.4, 0.5) is 13.2 Å². The summed E-state index contributed by atoms with van der Waals surface area (Å²) < 4.78 is 58.9. The molecule has 4 nitrogen and oxygen atoms in total. The minimum atomic E-state index is -6.09. The summed E-state index contributed by atoms with van der Waals surface area (Å²) in [7, 11) is -5.69. The molecule has 0 aromatic heterocycles. The summed E-state index contributed by atoms with van der Waals surface area (Å²) in [6, 6.07) is 0. The van der Waals surface area contributed by atoms with Crippen LogP contribution in [0.25, 0.3) is 0 Å². The van der Waals surface area contributed by atoms with Gasteiger partial charge in [-0.2, -0.15) is 13.2 Å². The van der Waals surface area contributed by atoms with E-state index in [2.05, 4.69) is 13.8 Å². The highest BCUT2D eigenvalue weighted by Crippen LogP contribution is 2.20. The summed E-state index contributed by atoms with van der Waals surface area (Å²) in [5.41, 5.74) is -5.65. The van der Waals surface area contributed by atoms with E-state index in [9.17, 15) is 18.0 Å². The lowest BCUT2D eigenvalue weighted by Gasteiger charge is -2.08. The average molecular weight is 352 g/mol. The molecule has 0 N–H and O–H groups in total. The Labute approximate surface area is 127 Å². The predicted molar refractivity (Wildman–Crippen MR) is 78.2 cm³/mol. The third-order valence-corrected chi connectivity index (χ3v) is 5.38. The van der Waals surface area contributed by atoms with E-state index >= 15 is 0 Å². The Hall–Kier alpha value is -0.280. The van der Waals surface area contributed by atoms with Crippen LogP contribution in [-0.2, 0) is 25.8 Å². The summed E-state index contributed by atoms with van der Waals surface area (Å²) in [4.78, 5) is 11.0. The van der Waals surface area contributed by atoms with E-state index in [4.69, 9.17) is 13.0 Å². The Kier molecular flexibility index (Phi) is 12.4. The number of halogens is 3. The molecule has 0 unspecified atom stereocenters. The minimum Gasteiger partial charge on any atom is -0.741 e. The standard InChI is InChI=1S/C11H23OS.CHF3O3S/c1-4-6-8-13(9-7-5-2)10-11(3)12;2-1(3,4)8(5,6)7/h4-10H2,1-3H3;(H,5,6,7)/q+1;/p-1. The van der Waals surface area contributed by atoms with Gasteiger partial charge in [0.25, 0.3) is 0 Å². The van der Waals surface area contributed by atoms with Crippen molar-refractivity contribution >= 4 is 26.8 Å². The van der Waals surface area contributed by atoms with Crippen LogP contribution < -0.4 is 0 Å². The monoisotopic (exact) mass is 352 g/mol. The average Bonchev–Trinajstić information content (AvgIpc) is 2.30. The van der Waals surface area contributed by atoms with Crippen LogP contribution in [0, 0.1) is 0 Å². The molecule has 0 aliphatic carbocycles. The Bertz CT molecular complexity index is 372. The highest BCUT2D eigenvalue weighted by molar-refractivity contribution is 7.97. The number of ketones is 1. The minimum absolute atomic E-state index is 0.371. The molecule has 0 atom stereocenters. The molecule has 128 valence electrons. The first-order chi connectivity index (χ1) is 9.45. The number of rotatable bonds is 8. The third-order valence-electron chi connectivity index (χ3n) is 2.26. The largest absolute Gasteiger partial charge is 0.741 e. The topological polar surface area (TPSA) is 74.3 Å². The lowest BCUT2D eigenvalue weighted by Crippen LogP contribution is -2.21. The smallest absolute Gasteiger partial charge is 0.485 e. The molecule has 0 aliphatic heterocycles. The first-order valence-electron chi connectivity index (χ1n) is 6.61. The van der Waals surface area contributed by atoms with Gasteiger partial charge in [0.05, 0.1) is 0 Å². The van der Waals surface area contributed by atoms with Crippen LogP contribution in [-0.4, -0.2) is 41.5 Å². The summed E-state index contributed by atoms with van der Waals surface area (Å²) in [5, 5.41) is 0. The molecule has 0 aromatic carbocycles. The Morgan fingerprint density at radius 3 is 1.62 bits per heavy atom. The van der Waals surface area contributed by atoms with Crippen molar-refractivity contribution < 1.29 is 30.9 Å². The van der Waals surface area contributed by atoms with E-state index in [1.54, 1.807) is 6.92 Å². The second kappa shape index (κ2) is 11.3. The van der Waals surface area contributed by atoms with Crippen molar-refractivity contribution in [1.29, 1.82) is 0 Å². The first-order valence-corrected chi connectivity index (χ1v) is 9.75. The number of alkyl halides is 3. The predicted octanol–water partition coefficient (Wildman–Crippen LogP) is 2.85. The molecule has 0 aliphatic rings. The molecule has 9 heteroatoms. The Balaban J connectivity index is 0. The second-order valence-corrected chi connectivity index (χ2v) is 8.18. The van der Waals surface area contributed by atoms with Crippen molar-refractivity contribution in [3.8, 4) is 0 Å². The van der Waals surface area contributed by atoms with Crippen molar-refractivity contribution in [2.45, 2.75) is 52.0 Å². The van der Waals surface area contributed by atoms with E-state index in [-0.39, 0.29) is 0 Å². The molecule has 0 saturated heterocycles. The summed E-state index contributed by atoms with van der Waals surface area (Å²) in [5.74, 6) is 3.75. The fourth-order valence-electron chi connectivity index (χ4n) is 1.23. The number of carbonyl (C=O) groups excluding carboxylic acids is 1. The molecule has 0 radical (unpaired) electrons. The summed E-state index contributed by atoms with van der Waals surface area (Å²) in [6.07, 6.45) is 5.10. The zero-order valence-electron chi connectivity index (χ0n) is 12.5. The van der Waals surface area contributed by atoms with E-state index in [0.29, 0.717) is 16.7 Å². The molecule has 0 bridgehead atoms. The fraction of sp³-hybridized carbons (Fsp3) is 0.917. The molecule has 0 spiro atoms. The molecule has 0 heterocycles. The van der Waals surface area contributed by atoms with Gasteiger partial charge in [-0.1, -0.05) is 26.7 Å². The van der Waals surface area contributed by atoms with Crippen molar-refractivity contribution in [2.75, 3.05) is 17.3 Å². The van der Waals surface area contributed by atoms with Gasteiger partial charge in [0.1, 0.15) is 11.5 Å². The maximum absolute atomic E-state index is 11.0. The lowest BCUT2D eigenvalue weighted by atomic mass is 10.4. The van der Waals surface area contributed by atoms with Gasteiger partial charge in [-0.25, -0.2) is 8.42 Å². The number of unbranched alkanes of at least 4 members (excludes halogenated alkanes) is 2. The van der Waals surface area contributed by atoms with Gasteiger partial charge >= 0.3 is 5.51 Å². The lowest BCUT2D eigenvalue weighted by molar-refractivity contribution is -0.114. The number of Topliss-reactive ketones (excluding diaryl/α,β-unsaturated/α-hetero) is 1. The zero-order chi connectivity index (χ0) is 17.1. The van der Waals surface area contributed by atoms with Crippen LogP contribution in [0.2, 0.25) is 0 Å². The zero-order valence-corrected chi connectivity index (χ0v) is 14.2. The molecule has 0 amide bonds. The highest BCUT2D eigenvalue weighted by Gasteiger charge is 2.36. The van der Waals surface area contributed by atoms with Crippen molar-refractivity contribution in [1.82, 2.24) is 0 Å². The molecule has 0 rings (SSSR count). The van der Waals surface area contributed by atoms with Gasteiger partial charge in [-0.15, -0.1) is 0 Å². The van der Waals surface area contributed by atoms with Crippen molar-refractivity contribution in [3.05, 3.63) is 0 Å². The third kappa shape index (κ3) is 14.4. The van der Waals surface area contributed by atoms with Crippen molar-refractivity contribution in [2.24, 2.45) is 0 Å². The Morgan fingerprint density at radius 1 is 1.10 bits per heavy atom. The normalized spacial score (nSPS) is 12.0. The van der Waals surface area contributed by atoms with Gasteiger partial charge in [0, 0.05) is 0 Å². The van der Waals surface area contributed by atoms with E-state index < -0.39 is 15.6 Å². The molecule has 0 saturated carbocycles. The molecular formula is C12H23F3O4S2. The van der Waals surface area contributed by atoms with Crippen LogP contribution in [0.5, 0.6) is 0 Å². The van der Waals surface area contributed by atoms with Gasteiger partial charge in [-0.3, -0.25) is 4.79 Å². The summed E-state index contributed by atoms with van der Waals surface area (Å²) in [6.45, 7) is 6.15. The maximum atomic E-state index is 11.0. The van der Waals surface area contributed by atoms with Crippen LogP contribution in [0.3, 0.4) is 0 Å². The number of hydrogen-bond acceptors (Lipinski definition) is 4. The van der Waals surface area contributed by atoms with Crippen LogP contribution >= 0.6 is 0 Å². The van der Waals surface area contributed by atoms with Crippen LogP contribution in [0.1, 0.15) is 46.5 Å². The van der Waals surface area contributed by atoms with Gasteiger partial charge in [0.15, 0.2) is 21.7 Å². The summed E-state index contributed by atoms with van der Waals surface area (Å²) >= 11 is 0. The highest BCUT2D eigenvalue weighted by atomic mass is 32.2. The SMILES string of the molecule is CCCC[S+](CCCC)CC(C)=O.O=S(=O)([O-])C(F)(F)F. The van der Waals surface area contributed by atoms with Crippen molar-refractivity contribution in [3.63, 3.8) is 0 Å². The first kappa shape index (κ1) is 23.0. The van der Waals surface area contributed by atoms with Gasteiger partial charge in [-0.05, 0) is 30.7 Å². The van der Waals surface area contributed by atoms with Crippen LogP contribution in [0.15, 0.2) is 0 Å². The quantitative estimate of drug-likeness (QED) is 0.382. The molecule has 0 fully saturated rings. The molecular weight excluding hydrogens is 329 g/mol. The van der Waals surface area contributed by atoms with Gasteiger partial charge in [0.2, 0.25) is 0 Å². The fourth-order valence-corrected chi connectivity index (χ4v) is 3.69. The number of hydrogen-bond donors (Lipinski definition) is 0. The Morgan fingerprint density at radius 2 is 1.43 bits per heavy atom. The second-order valence-electron chi connectivity index (χ2n) is 4.47. The number of carbonyl (C=O) groups is 1. The van der Waals surface area contributed by atoms with Gasteiger partial charge < -0.3 is 4.55 Å². The molecule has 21 heavy (non-hydrogen) atoms. The van der Waals surface area contributed by atoms with E-state index in [1.165, 1.54) is 37.2 Å². The molecule has 0 aromatic rings.